The minimum absolute atomic E-state index is 0.00126. The van der Waals surface area contributed by atoms with E-state index in [1.165, 1.54) is 12.1 Å². The number of hydrogen-bond donors (Lipinski definition) is 0. The highest BCUT2D eigenvalue weighted by atomic mass is 16.6. The average molecular weight is 355 g/mol. The molecule has 0 spiro atoms. The zero-order chi connectivity index (χ0) is 18.5. The number of nitro benzene ring substituents is 1. The number of rotatable bonds is 7. The van der Waals surface area contributed by atoms with Crippen LogP contribution in [0.1, 0.15) is 13.8 Å². The Kier molecular flexibility index (Phi) is 5.12. The van der Waals surface area contributed by atoms with Crippen molar-refractivity contribution in [3.8, 4) is 34.4 Å². The summed E-state index contributed by atoms with van der Waals surface area (Å²) in [5.41, 5.74) is 1.30. The van der Waals surface area contributed by atoms with E-state index in [4.69, 9.17) is 13.9 Å². The highest BCUT2D eigenvalue weighted by molar-refractivity contribution is 5.62. The summed E-state index contributed by atoms with van der Waals surface area (Å²) in [4.78, 5) is 10.3. The van der Waals surface area contributed by atoms with Gasteiger partial charge in [0.2, 0.25) is 11.8 Å². The van der Waals surface area contributed by atoms with Crippen molar-refractivity contribution < 1.29 is 18.8 Å². The van der Waals surface area contributed by atoms with Crippen molar-refractivity contribution >= 4 is 5.69 Å². The zero-order valence-corrected chi connectivity index (χ0v) is 14.3. The van der Waals surface area contributed by atoms with Crippen LogP contribution in [0.3, 0.4) is 0 Å². The fourth-order valence-electron chi connectivity index (χ4n) is 2.37. The summed E-state index contributed by atoms with van der Waals surface area (Å²) in [6, 6.07) is 11.3. The van der Waals surface area contributed by atoms with Gasteiger partial charge in [-0.3, -0.25) is 10.1 Å². The molecule has 134 valence electrons. The lowest BCUT2D eigenvalue weighted by atomic mass is 10.2. The van der Waals surface area contributed by atoms with E-state index in [1.54, 1.807) is 30.3 Å². The molecular formula is C18H17N3O5. The van der Waals surface area contributed by atoms with Gasteiger partial charge < -0.3 is 13.9 Å². The maximum atomic E-state index is 10.7. The maximum absolute atomic E-state index is 10.7. The quantitative estimate of drug-likeness (QED) is 0.464. The van der Waals surface area contributed by atoms with Crippen LogP contribution in [0, 0.1) is 10.1 Å². The Bertz CT molecular complexity index is 905. The van der Waals surface area contributed by atoms with Crippen molar-refractivity contribution in [1.29, 1.82) is 0 Å². The SMILES string of the molecule is CCOc1ccc(-c2nnc(-c3ccc([N+](=O)[O-])cc3)o2)cc1OCC. The van der Waals surface area contributed by atoms with Crippen molar-refractivity contribution in [3.63, 3.8) is 0 Å². The molecule has 0 atom stereocenters. The topological polar surface area (TPSA) is 101 Å². The van der Waals surface area contributed by atoms with Gasteiger partial charge in [0, 0.05) is 23.3 Å². The average Bonchev–Trinajstić information content (AvgIpc) is 3.14. The fourth-order valence-corrected chi connectivity index (χ4v) is 2.37. The first-order valence-electron chi connectivity index (χ1n) is 8.10. The molecule has 0 saturated carbocycles. The molecule has 2 aromatic carbocycles. The largest absolute Gasteiger partial charge is 0.490 e. The van der Waals surface area contributed by atoms with Gasteiger partial charge in [0.15, 0.2) is 11.5 Å². The summed E-state index contributed by atoms with van der Waals surface area (Å²) in [6.07, 6.45) is 0. The third-order valence-corrected chi connectivity index (χ3v) is 3.54. The van der Waals surface area contributed by atoms with Crippen LogP contribution < -0.4 is 9.47 Å². The standard InChI is InChI=1S/C18H17N3O5/c1-3-24-15-10-7-13(11-16(15)25-4-2)18-20-19-17(26-18)12-5-8-14(9-6-12)21(22)23/h5-11H,3-4H2,1-2H3. The summed E-state index contributed by atoms with van der Waals surface area (Å²) >= 11 is 0. The minimum Gasteiger partial charge on any atom is -0.490 e. The predicted molar refractivity (Wildman–Crippen MR) is 94.2 cm³/mol. The highest BCUT2D eigenvalue weighted by Crippen LogP contribution is 2.33. The molecule has 0 radical (unpaired) electrons. The summed E-state index contributed by atoms with van der Waals surface area (Å²) in [7, 11) is 0. The van der Waals surface area contributed by atoms with E-state index in [0.717, 1.165) is 0 Å². The molecule has 0 N–H and O–H groups in total. The summed E-state index contributed by atoms with van der Waals surface area (Å²) in [5.74, 6) is 1.85. The summed E-state index contributed by atoms with van der Waals surface area (Å²) in [5, 5.41) is 18.8. The molecule has 0 unspecified atom stereocenters. The Hall–Kier alpha value is -3.42. The monoisotopic (exact) mass is 355 g/mol. The molecule has 0 saturated heterocycles. The van der Waals surface area contributed by atoms with E-state index in [-0.39, 0.29) is 11.6 Å². The summed E-state index contributed by atoms with van der Waals surface area (Å²) in [6.45, 7) is 4.82. The molecular weight excluding hydrogens is 338 g/mol. The van der Waals surface area contributed by atoms with Crippen molar-refractivity contribution in [2.45, 2.75) is 13.8 Å². The van der Waals surface area contributed by atoms with Gasteiger partial charge in [0.25, 0.3) is 5.69 Å². The van der Waals surface area contributed by atoms with Gasteiger partial charge in [-0.1, -0.05) is 0 Å². The second-order valence-electron chi connectivity index (χ2n) is 5.24. The van der Waals surface area contributed by atoms with Crippen molar-refractivity contribution in [2.24, 2.45) is 0 Å². The number of hydrogen-bond acceptors (Lipinski definition) is 7. The Labute approximate surface area is 149 Å². The van der Waals surface area contributed by atoms with Crippen LogP contribution in [-0.2, 0) is 0 Å². The Morgan fingerprint density at radius 1 is 0.923 bits per heavy atom. The number of non-ortho nitro benzene ring substituents is 1. The van der Waals surface area contributed by atoms with Gasteiger partial charge in [0.1, 0.15) is 0 Å². The van der Waals surface area contributed by atoms with Crippen LogP contribution >= 0.6 is 0 Å². The second kappa shape index (κ2) is 7.64. The highest BCUT2D eigenvalue weighted by Gasteiger charge is 2.14. The third kappa shape index (κ3) is 3.64. The van der Waals surface area contributed by atoms with Crippen LogP contribution in [0.25, 0.3) is 22.9 Å². The molecule has 8 heteroatoms. The molecule has 1 aromatic heterocycles. The lowest BCUT2D eigenvalue weighted by Crippen LogP contribution is -1.98. The smallest absolute Gasteiger partial charge is 0.269 e. The van der Waals surface area contributed by atoms with Crippen molar-refractivity contribution in [1.82, 2.24) is 10.2 Å². The van der Waals surface area contributed by atoms with Crippen LogP contribution in [0.5, 0.6) is 11.5 Å². The lowest BCUT2D eigenvalue weighted by Gasteiger charge is -2.11. The van der Waals surface area contributed by atoms with Gasteiger partial charge in [-0.05, 0) is 44.2 Å². The molecule has 26 heavy (non-hydrogen) atoms. The zero-order valence-electron chi connectivity index (χ0n) is 14.3. The molecule has 0 bridgehead atoms. The Morgan fingerprint density at radius 2 is 1.50 bits per heavy atom. The van der Waals surface area contributed by atoms with Crippen LogP contribution in [0.4, 0.5) is 5.69 Å². The molecule has 3 aromatic rings. The summed E-state index contributed by atoms with van der Waals surface area (Å²) < 4.78 is 16.8. The molecule has 8 nitrogen and oxygen atoms in total. The first-order chi connectivity index (χ1) is 12.6. The molecule has 0 aliphatic rings. The van der Waals surface area contributed by atoms with E-state index >= 15 is 0 Å². The van der Waals surface area contributed by atoms with E-state index in [9.17, 15) is 10.1 Å². The molecule has 0 aliphatic heterocycles. The van der Waals surface area contributed by atoms with Gasteiger partial charge in [0.05, 0.1) is 18.1 Å². The van der Waals surface area contributed by atoms with E-state index in [1.807, 2.05) is 13.8 Å². The van der Waals surface area contributed by atoms with Gasteiger partial charge in [-0.15, -0.1) is 10.2 Å². The number of nitrogens with zero attached hydrogens (tertiary/aromatic N) is 3. The molecule has 0 aliphatic carbocycles. The van der Waals surface area contributed by atoms with Crippen LogP contribution in [0.15, 0.2) is 46.9 Å². The van der Waals surface area contributed by atoms with Crippen LogP contribution in [0.2, 0.25) is 0 Å². The molecule has 1 heterocycles. The number of aromatic nitrogens is 2. The fraction of sp³-hybridized carbons (Fsp3) is 0.222. The van der Waals surface area contributed by atoms with E-state index < -0.39 is 4.92 Å². The Balaban J connectivity index is 1.89. The van der Waals surface area contributed by atoms with E-state index in [2.05, 4.69) is 10.2 Å². The van der Waals surface area contributed by atoms with Gasteiger partial charge in [-0.25, -0.2) is 0 Å². The minimum atomic E-state index is -0.460. The first kappa shape index (κ1) is 17.4. The number of benzene rings is 2. The Morgan fingerprint density at radius 3 is 2.12 bits per heavy atom. The predicted octanol–water partition coefficient (Wildman–Crippen LogP) is 4.11. The van der Waals surface area contributed by atoms with Gasteiger partial charge >= 0.3 is 0 Å². The number of ether oxygens (including phenoxy) is 2. The third-order valence-electron chi connectivity index (χ3n) is 3.54. The molecule has 3 rings (SSSR count). The molecule has 0 fully saturated rings. The van der Waals surface area contributed by atoms with Crippen LogP contribution in [-0.4, -0.2) is 28.3 Å². The maximum Gasteiger partial charge on any atom is 0.269 e. The van der Waals surface area contributed by atoms with Crippen molar-refractivity contribution in [2.75, 3.05) is 13.2 Å². The van der Waals surface area contributed by atoms with E-state index in [0.29, 0.717) is 41.7 Å². The lowest BCUT2D eigenvalue weighted by molar-refractivity contribution is -0.384. The second-order valence-corrected chi connectivity index (χ2v) is 5.24. The van der Waals surface area contributed by atoms with Crippen molar-refractivity contribution in [3.05, 3.63) is 52.6 Å². The van der Waals surface area contributed by atoms with Gasteiger partial charge in [-0.2, -0.15) is 0 Å². The first-order valence-corrected chi connectivity index (χ1v) is 8.10. The number of nitro groups is 1. The normalized spacial score (nSPS) is 10.5. The molecule has 0 amide bonds.